The largest absolute Gasteiger partial charge is 0.369 e. The van der Waals surface area contributed by atoms with Crippen molar-refractivity contribution >= 4 is 28.9 Å². The first-order valence-corrected chi connectivity index (χ1v) is 7.08. The standard InChI is InChI=1S/C14H20Cl2N2/c1-14(2,3)18-8-6-17(7-9-18)11-4-5-12(15)13(16)10-11/h4-5,10H,6-9H2,1-3H3. The molecule has 0 spiro atoms. The highest BCUT2D eigenvalue weighted by Gasteiger charge is 2.25. The summed E-state index contributed by atoms with van der Waals surface area (Å²) in [6, 6.07) is 5.87. The molecule has 0 saturated carbocycles. The van der Waals surface area contributed by atoms with Gasteiger partial charge in [0, 0.05) is 37.4 Å². The SMILES string of the molecule is CC(C)(C)N1CCN(c2ccc(Cl)c(Cl)c2)CC1. The van der Waals surface area contributed by atoms with Crippen LogP contribution in [-0.2, 0) is 0 Å². The summed E-state index contributed by atoms with van der Waals surface area (Å²) in [4.78, 5) is 4.88. The van der Waals surface area contributed by atoms with Crippen LogP contribution in [0.4, 0.5) is 5.69 Å². The average Bonchev–Trinajstić information content (AvgIpc) is 2.32. The number of benzene rings is 1. The molecule has 0 aromatic heterocycles. The monoisotopic (exact) mass is 286 g/mol. The number of rotatable bonds is 1. The molecule has 18 heavy (non-hydrogen) atoms. The van der Waals surface area contributed by atoms with E-state index < -0.39 is 0 Å². The molecule has 4 heteroatoms. The van der Waals surface area contributed by atoms with Gasteiger partial charge in [-0.2, -0.15) is 0 Å². The molecule has 0 amide bonds. The van der Waals surface area contributed by atoms with Crippen LogP contribution in [0.25, 0.3) is 0 Å². The maximum atomic E-state index is 6.07. The van der Waals surface area contributed by atoms with Gasteiger partial charge in [0.15, 0.2) is 0 Å². The molecule has 2 nitrogen and oxygen atoms in total. The number of hydrogen-bond donors (Lipinski definition) is 0. The topological polar surface area (TPSA) is 6.48 Å². The minimum absolute atomic E-state index is 0.254. The van der Waals surface area contributed by atoms with Crippen LogP contribution in [0, 0.1) is 0 Å². The van der Waals surface area contributed by atoms with Crippen molar-refractivity contribution in [3.05, 3.63) is 28.2 Å². The van der Waals surface area contributed by atoms with Gasteiger partial charge < -0.3 is 4.90 Å². The minimum Gasteiger partial charge on any atom is -0.369 e. The van der Waals surface area contributed by atoms with E-state index in [9.17, 15) is 0 Å². The van der Waals surface area contributed by atoms with Gasteiger partial charge in [-0.25, -0.2) is 0 Å². The molecule has 0 N–H and O–H groups in total. The Kier molecular flexibility index (Phi) is 4.10. The van der Waals surface area contributed by atoms with E-state index in [1.165, 1.54) is 0 Å². The van der Waals surface area contributed by atoms with Crippen molar-refractivity contribution in [2.24, 2.45) is 0 Å². The van der Waals surface area contributed by atoms with Crippen LogP contribution in [-0.4, -0.2) is 36.6 Å². The van der Waals surface area contributed by atoms with Gasteiger partial charge >= 0.3 is 0 Å². The second-order valence-corrected chi connectivity index (χ2v) is 6.56. The number of piperazine rings is 1. The molecule has 1 aliphatic heterocycles. The van der Waals surface area contributed by atoms with E-state index >= 15 is 0 Å². The molecule has 1 aromatic rings. The Morgan fingerprint density at radius 1 is 0.944 bits per heavy atom. The molecule has 0 unspecified atom stereocenters. The lowest BCUT2D eigenvalue weighted by atomic mass is 10.0. The Morgan fingerprint density at radius 3 is 2.06 bits per heavy atom. The zero-order chi connectivity index (χ0) is 13.3. The van der Waals surface area contributed by atoms with E-state index in [1.807, 2.05) is 18.2 Å². The fourth-order valence-corrected chi connectivity index (χ4v) is 2.61. The molecule has 1 heterocycles. The van der Waals surface area contributed by atoms with Crippen LogP contribution in [0.3, 0.4) is 0 Å². The zero-order valence-corrected chi connectivity index (χ0v) is 12.7. The molecule has 2 rings (SSSR count). The zero-order valence-electron chi connectivity index (χ0n) is 11.2. The minimum atomic E-state index is 0.254. The van der Waals surface area contributed by atoms with Crippen LogP contribution in [0.2, 0.25) is 10.0 Å². The molecule has 1 aliphatic rings. The smallest absolute Gasteiger partial charge is 0.0612 e. The number of anilines is 1. The van der Waals surface area contributed by atoms with Crippen molar-refractivity contribution in [1.82, 2.24) is 4.90 Å². The molecule has 0 aliphatic carbocycles. The summed E-state index contributed by atoms with van der Waals surface area (Å²) in [6.45, 7) is 11.0. The van der Waals surface area contributed by atoms with Gasteiger partial charge in [-0.1, -0.05) is 23.2 Å². The highest BCUT2D eigenvalue weighted by atomic mass is 35.5. The van der Waals surface area contributed by atoms with Crippen LogP contribution < -0.4 is 4.90 Å². The highest BCUT2D eigenvalue weighted by molar-refractivity contribution is 6.42. The Morgan fingerprint density at radius 2 is 1.56 bits per heavy atom. The Balaban J connectivity index is 2.03. The maximum Gasteiger partial charge on any atom is 0.0612 e. The maximum absolute atomic E-state index is 6.07. The van der Waals surface area contributed by atoms with Gasteiger partial charge in [0.1, 0.15) is 0 Å². The Labute approximate surface area is 119 Å². The van der Waals surface area contributed by atoms with Crippen molar-refractivity contribution < 1.29 is 0 Å². The molecule has 100 valence electrons. The number of hydrogen-bond acceptors (Lipinski definition) is 2. The predicted molar refractivity (Wildman–Crippen MR) is 80.0 cm³/mol. The summed E-state index contributed by atoms with van der Waals surface area (Å²) in [5.41, 5.74) is 1.42. The third-order valence-corrected chi connectivity index (χ3v) is 4.24. The summed E-state index contributed by atoms with van der Waals surface area (Å²) in [7, 11) is 0. The van der Waals surface area contributed by atoms with Gasteiger partial charge in [0.2, 0.25) is 0 Å². The van der Waals surface area contributed by atoms with Crippen LogP contribution in [0.1, 0.15) is 20.8 Å². The normalized spacial score (nSPS) is 18.2. The van der Waals surface area contributed by atoms with E-state index in [-0.39, 0.29) is 5.54 Å². The fraction of sp³-hybridized carbons (Fsp3) is 0.571. The quantitative estimate of drug-likeness (QED) is 0.772. The van der Waals surface area contributed by atoms with Crippen molar-refractivity contribution in [1.29, 1.82) is 0 Å². The average molecular weight is 287 g/mol. The van der Waals surface area contributed by atoms with Crippen molar-refractivity contribution in [2.45, 2.75) is 26.3 Å². The number of halogens is 2. The first-order valence-electron chi connectivity index (χ1n) is 6.33. The molecule has 0 bridgehead atoms. The van der Waals surface area contributed by atoms with E-state index in [4.69, 9.17) is 23.2 Å². The van der Waals surface area contributed by atoms with Crippen molar-refractivity contribution in [3.8, 4) is 0 Å². The second-order valence-electron chi connectivity index (χ2n) is 5.74. The van der Waals surface area contributed by atoms with E-state index in [0.29, 0.717) is 10.0 Å². The molecule has 1 saturated heterocycles. The highest BCUT2D eigenvalue weighted by Crippen LogP contribution is 2.28. The first kappa shape index (κ1) is 14.0. The second kappa shape index (κ2) is 5.28. The lowest BCUT2D eigenvalue weighted by molar-refractivity contribution is 0.128. The lowest BCUT2D eigenvalue weighted by Gasteiger charge is -2.43. The predicted octanol–water partition coefficient (Wildman–Crippen LogP) is 3.91. The van der Waals surface area contributed by atoms with Crippen LogP contribution >= 0.6 is 23.2 Å². The molecule has 1 fully saturated rings. The van der Waals surface area contributed by atoms with Crippen LogP contribution in [0.15, 0.2) is 18.2 Å². The third-order valence-electron chi connectivity index (χ3n) is 3.50. The molecule has 0 radical (unpaired) electrons. The van der Waals surface area contributed by atoms with E-state index in [1.54, 1.807) is 0 Å². The van der Waals surface area contributed by atoms with E-state index in [2.05, 4.69) is 30.6 Å². The first-order chi connectivity index (χ1) is 8.38. The Hall–Kier alpha value is -0.440. The molecule has 1 aromatic carbocycles. The van der Waals surface area contributed by atoms with Crippen molar-refractivity contribution in [2.75, 3.05) is 31.1 Å². The fourth-order valence-electron chi connectivity index (χ4n) is 2.32. The van der Waals surface area contributed by atoms with Crippen molar-refractivity contribution in [3.63, 3.8) is 0 Å². The van der Waals surface area contributed by atoms with Gasteiger partial charge in [-0.3, -0.25) is 4.90 Å². The summed E-state index contributed by atoms with van der Waals surface area (Å²) in [6.07, 6.45) is 0. The third kappa shape index (κ3) is 3.11. The Bertz CT molecular complexity index is 418. The van der Waals surface area contributed by atoms with Crippen LogP contribution in [0.5, 0.6) is 0 Å². The lowest BCUT2D eigenvalue weighted by Crippen LogP contribution is -2.53. The summed E-state index contributed by atoms with van der Waals surface area (Å²) in [5, 5.41) is 1.25. The van der Waals surface area contributed by atoms with E-state index in [0.717, 1.165) is 31.9 Å². The molecule has 0 atom stereocenters. The number of nitrogens with zero attached hydrogens (tertiary/aromatic N) is 2. The van der Waals surface area contributed by atoms with Gasteiger partial charge in [-0.05, 0) is 39.0 Å². The van der Waals surface area contributed by atoms with Gasteiger partial charge in [0.05, 0.1) is 10.0 Å². The summed E-state index contributed by atoms with van der Waals surface area (Å²) < 4.78 is 0. The summed E-state index contributed by atoms with van der Waals surface area (Å²) in [5.74, 6) is 0. The molecular formula is C14H20Cl2N2. The summed E-state index contributed by atoms with van der Waals surface area (Å²) >= 11 is 12.0. The van der Waals surface area contributed by atoms with Gasteiger partial charge in [0.25, 0.3) is 0 Å². The van der Waals surface area contributed by atoms with Gasteiger partial charge in [-0.15, -0.1) is 0 Å². The molecular weight excluding hydrogens is 267 g/mol.